The van der Waals surface area contributed by atoms with Gasteiger partial charge in [0, 0.05) is 19.4 Å². The van der Waals surface area contributed by atoms with Crippen molar-refractivity contribution in [2.45, 2.75) is 11.8 Å². The normalized spacial score (nSPS) is 11.2. The Morgan fingerprint density at radius 2 is 1.88 bits per heavy atom. The molecule has 0 aliphatic heterocycles. The lowest BCUT2D eigenvalue weighted by molar-refractivity contribution is -0.384. The standard InChI is InChI=1S/C17H20N2O5S/c1-13-6-4-5-7-17(13)24-11-10-18(2)15-9-8-14(25(3,22)23)12-16(15)19(20)21/h4-9,12H,10-11H2,1-3H3. The third-order valence-electron chi connectivity index (χ3n) is 3.76. The van der Waals surface area contributed by atoms with E-state index in [9.17, 15) is 18.5 Å². The molecule has 8 heteroatoms. The van der Waals surface area contributed by atoms with Gasteiger partial charge in [0.15, 0.2) is 9.84 Å². The summed E-state index contributed by atoms with van der Waals surface area (Å²) in [6, 6.07) is 11.5. The predicted octanol–water partition coefficient (Wildman–Crippen LogP) is 2.82. The van der Waals surface area contributed by atoms with E-state index >= 15 is 0 Å². The van der Waals surface area contributed by atoms with Gasteiger partial charge >= 0.3 is 0 Å². The highest BCUT2D eigenvalue weighted by molar-refractivity contribution is 7.90. The SMILES string of the molecule is Cc1ccccc1OCCN(C)c1ccc(S(C)(=O)=O)cc1[N+](=O)[O-]. The van der Waals surface area contributed by atoms with E-state index < -0.39 is 14.8 Å². The number of hydrogen-bond acceptors (Lipinski definition) is 6. The van der Waals surface area contributed by atoms with E-state index in [-0.39, 0.29) is 10.6 Å². The Kier molecular flexibility index (Phi) is 5.63. The summed E-state index contributed by atoms with van der Waals surface area (Å²) in [6.07, 6.45) is 1.02. The van der Waals surface area contributed by atoms with E-state index in [4.69, 9.17) is 4.74 Å². The van der Waals surface area contributed by atoms with Crippen molar-refractivity contribution < 1.29 is 18.1 Å². The number of ether oxygens (including phenoxy) is 1. The Bertz CT molecular complexity index is 880. The van der Waals surface area contributed by atoms with Crippen LogP contribution in [0.1, 0.15) is 5.56 Å². The number of hydrogen-bond donors (Lipinski definition) is 0. The van der Waals surface area contributed by atoms with Crippen LogP contribution < -0.4 is 9.64 Å². The number of nitro benzene ring substituents is 1. The molecule has 134 valence electrons. The molecule has 2 aromatic rings. The van der Waals surface area contributed by atoms with Gasteiger partial charge in [-0.25, -0.2) is 8.42 Å². The Labute approximate surface area is 146 Å². The molecule has 0 N–H and O–H groups in total. The molecule has 0 heterocycles. The van der Waals surface area contributed by atoms with E-state index in [1.807, 2.05) is 31.2 Å². The van der Waals surface area contributed by atoms with Gasteiger partial charge in [0.1, 0.15) is 18.0 Å². The zero-order chi connectivity index (χ0) is 18.6. The number of nitrogens with zero attached hydrogens (tertiary/aromatic N) is 2. The average Bonchev–Trinajstić information content (AvgIpc) is 2.55. The molecule has 0 atom stereocenters. The van der Waals surface area contributed by atoms with Crippen LogP contribution in [-0.4, -0.2) is 39.8 Å². The van der Waals surface area contributed by atoms with Gasteiger partial charge in [-0.3, -0.25) is 10.1 Å². The molecule has 0 saturated carbocycles. The zero-order valence-electron chi connectivity index (χ0n) is 14.3. The Balaban J connectivity index is 2.14. The summed E-state index contributed by atoms with van der Waals surface area (Å²) in [5.74, 6) is 0.762. The first-order chi connectivity index (χ1) is 11.7. The van der Waals surface area contributed by atoms with E-state index in [1.165, 1.54) is 12.1 Å². The summed E-state index contributed by atoms with van der Waals surface area (Å²) in [6.45, 7) is 2.69. The zero-order valence-corrected chi connectivity index (χ0v) is 15.1. The monoisotopic (exact) mass is 364 g/mol. The maximum atomic E-state index is 11.6. The number of aryl methyl sites for hydroxylation is 1. The van der Waals surface area contributed by atoms with Gasteiger partial charge < -0.3 is 9.64 Å². The first-order valence-corrected chi connectivity index (χ1v) is 9.47. The number of likely N-dealkylation sites (N-methyl/N-ethyl adjacent to an activating group) is 1. The van der Waals surface area contributed by atoms with Crippen LogP contribution in [0.15, 0.2) is 47.4 Å². The molecule has 25 heavy (non-hydrogen) atoms. The second-order valence-electron chi connectivity index (χ2n) is 5.72. The van der Waals surface area contributed by atoms with Gasteiger partial charge in [0.25, 0.3) is 5.69 Å². The minimum absolute atomic E-state index is 0.0764. The van der Waals surface area contributed by atoms with Crippen LogP contribution in [0.4, 0.5) is 11.4 Å². The second-order valence-corrected chi connectivity index (χ2v) is 7.73. The second kappa shape index (κ2) is 7.52. The quantitative estimate of drug-likeness (QED) is 0.554. The highest BCUT2D eigenvalue weighted by atomic mass is 32.2. The number of rotatable bonds is 7. The van der Waals surface area contributed by atoms with Crippen molar-refractivity contribution in [3.05, 3.63) is 58.1 Å². The Hall–Kier alpha value is -2.61. The van der Waals surface area contributed by atoms with Crippen molar-refractivity contribution in [2.75, 3.05) is 31.4 Å². The van der Waals surface area contributed by atoms with E-state index in [0.717, 1.165) is 23.6 Å². The largest absolute Gasteiger partial charge is 0.491 e. The lowest BCUT2D eigenvalue weighted by Gasteiger charge is -2.20. The van der Waals surface area contributed by atoms with Gasteiger partial charge in [-0.1, -0.05) is 18.2 Å². The molecule has 0 aliphatic carbocycles. The van der Waals surface area contributed by atoms with Crippen LogP contribution in [0.2, 0.25) is 0 Å². The van der Waals surface area contributed by atoms with Crippen LogP contribution in [-0.2, 0) is 9.84 Å². The van der Waals surface area contributed by atoms with Crippen molar-refractivity contribution in [2.24, 2.45) is 0 Å². The topological polar surface area (TPSA) is 89.8 Å². The van der Waals surface area contributed by atoms with E-state index in [1.54, 1.807) is 11.9 Å². The molecule has 7 nitrogen and oxygen atoms in total. The minimum Gasteiger partial charge on any atom is -0.491 e. The maximum absolute atomic E-state index is 11.6. The third kappa shape index (κ3) is 4.69. The molecule has 0 bridgehead atoms. The van der Waals surface area contributed by atoms with E-state index in [0.29, 0.717) is 18.8 Å². The minimum atomic E-state index is -3.51. The summed E-state index contributed by atoms with van der Waals surface area (Å²) in [7, 11) is -1.81. The molecule has 0 aliphatic rings. The van der Waals surface area contributed by atoms with E-state index in [2.05, 4.69) is 0 Å². The van der Waals surface area contributed by atoms with Crippen LogP contribution in [0.25, 0.3) is 0 Å². The fraction of sp³-hybridized carbons (Fsp3) is 0.294. The van der Waals surface area contributed by atoms with Crippen LogP contribution in [0.5, 0.6) is 5.75 Å². The van der Waals surface area contributed by atoms with Gasteiger partial charge in [0.2, 0.25) is 0 Å². The maximum Gasteiger partial charge on any atom is 0.293 e. The van der Waals surface area contributed by atoms with Gasteiger partial charge in [-0.05, 0) is 30.7 Å². The lowest BCUT2D eigenvalue weighted by Crippen LogP contribution is -2.24. The van der Waals surface area contributed by atoms with Crippen LogP contribution in [0, 0.1) is 17.0 Å². The first kappa shape index (κ1) is 18.7. The summed E-state index contributed by atoms with van der Waals surface area (Å²) in [5.41, 5.74) is 1.10. The Morgan fingerprint density at radius 1 is 1.20 bits per heavy atom. The van der Waals surface area contributed by atoms with Crippen LogP contribution >= 0.6 is 0 Å². The summed E-state index contributed by atoms with van der Waals surface area (Å²) in [4.78, 5) is 12.3. The molecule has 0 aromatic heterocycles. The van der Waals surface area contributed by atoms with Gasteiger partial charge in [-0.15, -0.1) is 0 Å². The summed E-state index contributed by atoms with van der Waals surface area (Å²) >= 11 is 0. The number of nitro groups is 1. The number of anilines is 1. The van der Waals surface area contributed by atoms with Gasteiger partial charge in [0.05, 0.1) is 16.4 Å². The van der Waals surface area contributed by atoms with Gasteiger partial charge in [-0.2, -0.15) is 0 Å². The number of sulfone groups is 1. The molecule has 0 spiro atoms. The number of para-hydroxylation sites is 1. The molecular weight excluding hydrogens is 344 g/mol. The molecular formula is C17H20N2O5S. The molecule has 0 fully saturated rings. The van der Waals surface area contributed by atoms with Crippen LogP contribution in [0.3, 0.4) is 0 Å². The molecule has 2 aromatic carbocycles. The molecule has 0 saturated heterocycles. The number of benzene rings is 2. The van der Waals surface area contributed by atoms with Crippen molar-refractivity contribution in [3.63, 3.8) is 0 Å². The fourth-order valence-corrected chi connectivity index (χ4v) is 2.98. The molecule has 2 rings (SSSR count). The third-order valence-corrected chi connectivity index (χ3v) is 4.87. The smallest absolute Gasteiger partial charge is 0.293 e. The molecule has 0 radical (unpaired) electrons. The molecule has 0 amide bonds. The summed E-state index contributed by atoms with van der Waals surface area (Å²) in [5, 5.41) is 11.3. The molecule has 0 unspecified atom stereocenters. The fourth-order valence-electron chi connectivity index (χ4n) is 2.33. The summed E-state index contributed by atoms with van der Waals surface area (Å²) < 4.78 is 28.9. The highest BCUT2D eigenvalue weighted by Gasteiger charge is 2.21. The van der Waals surface area contributed by atoms with Crippen molar-refractivity contribution in [1.82, 2.24) is 0 Å². The van der Waals surface area contributed by atoms with Crippen molar-refractivity contribution in [1.29, 1.82) is 0 Å². The Morgan fingerprint density at radius 3 is 2.48 bits per heavy atom. The first-order valence-electron chi connectivity index (χ1n) is 7.58. The predicted molar refractivity (Wildman–Crippen MR) is 96.2 cm³/mol. The van der Waals surface area contributed by atoms with Crippen molar-refractivity contribution >= 4 is 21.2 Å². The average molecular weight is 364 g/mol. The highest BCUT2D eigenvalue weighted by Crippen LogP contribution is 2.30. The lowest BCUT2D eigenvalue weighted by atomic mass is 10.2. The van der Waals surface area contributed by atoms with Crippen molar-refractivity contribution in [3.8, 4) is 5.75 Å².